The van der Waals surface area contributed by atoms with E-state index >= 15 is 0 Å². The van der Waals surface area contributed by atoms with Crippen molar-refractivity contribution in [1.82, 2.24) is 4.90 Å². The number of benzene rings is 2. The molecule has 0 saturated carbocycles. The molecule has 2 unspecified atom stereocenters. The molecular weight excluding hydrogens is 288 g/mol. The van der Waals surface area contributed by atoms with Gasteiger partial charge in [-0.25, -0.2) is 0 Å². The lowest BCUT2D eigenvalue weighted by Gasteiger charge is -2.17. The third-order valence-corrected chi connectivity index (χ3v) is 4.44. The van der Waals surface area contributed by atoms with Gasteiger partial charge in [0.1, 0.15) is 0 Å². The van der Waals surface area contributed by atoms with Crippen molar-refractivity contribution >= 4 is 5.97 Å². The molecule has 1 saturated heterocycles. The zero-order valence-electron chi connectivity index (χ0n) is 12.7. The van der Waals surface area contributed by atoms with Crippen molar-refractivity contribution < 1.29 is 9.90 Å². The first-order chi connectivity index (χ1) is 11.2. The minimum atomic E-state index is -0.793. The molecule has 2 aromatic carbocycles. The lowest BCUT2D eigenvalue weighted by atomic mass is 9.86. The Morgan fingerprint density at radius 3 is 2.52 bits per heavy atom. The Morgan fingerprint density at radius 2 is 1.83 bits per heavy atom. The molecule has 116 valence electrons. The predicted octanol–water partition coefficient (Wildman–Crippen LogP) is 2.86. The molecule has 1 aliphatic rings. The van der Waals surface area contributed by atoms with Crippen molar-refractivity contribution in [2.24, 2.45) is 5.92 Å². The van der Waals surface area contributed by atoms with Gasteiger partial charge in [0, 0.05) is 25.6 Å². The van der Waals surface area contributed by atoms with Crippen LogP contribution in [0, 0.1) is 17.2 Å². The van der Waals surface area contributed by atoms with Crippen molar-refractivity contribution in [3.63, 3.8) is 0 Å². The Hall–Kier alpha value is -2.64. The first-order valence-corrected chi connectivity index (χ1v) is 7.67. The zero-order valence-corrected chi connectivity index (χ0v) is 12.7. The Kier molecular flexibility index (Phi) is 4.40. The van der Waals surface area contributed by atoms with Gasteiger partial charge in [-0.2, -0.15) is 5.26 Å². The summed E-state index contributed by atoms with van der Waals surface area (Å²) in [4.78, 5) is 13.8. The van der Waals surface area contributed by atoms with Gasteiger partial charge >= 0.3 is 5.97 Å². The highest BCUT2D eigenvalue weighted by molar-refractivity contribution is 5.72. The van der Waals surface area contributed by atoms with E-state index in [0.717, 1.165) is 12.1 Å². The Morgan fingerprint density at radius 1 is 1.13 bits per heavy atom. The molecule has 3 rings (SSSR count). The summed E-state index contributed by atoms with van der Waals surface area (Å²) >= 11 is 0. The number of hydrogen-bond acceptors (Lipinski definition) is 3. The van der Waals surface area contributed by atoms with Crippen molar-refractivity contribution in [2.45, 2.75) is 12.5 Å². The fraction of sp³-hybridized carbons (Fsp3) is 0.263. The normalized spacial score (nSPS) is 21.0. The highest BCUT2D eigenvalue weighted by Crippen LogP contribution is 2.35. The van der Waals surface area contributed by atoms with Gasteiger partial charge in [-0.1, -0.05) is 48.5 Å². The fourth-order valence-electron chi connectivity index (χ4n) is 3.34. The second-order valence-corrected chi connectivity index (χ2v) is 5.93. The highest BCUT2D eigenvalue weighted by Gasteiger charge is 2.39. The number of rotatable bonds is 4. The minimum Gasteiger partial charge on any atom is -0.481 e. The minimum absolute atomic E-state index is 0.146. The predicted molar refractivity (Wildman–Crippen MR) is 86.7 cm³/mol. The van der Waals surface area contributed by atoms with Gasteiger partial charge in [0.05, 0.1) is 17.6 Å². The van der Waals surface area contributed by atoms with Gasteiger partial charge in [-0.15, -0.1) is 0 Å². The molecule has 23 heavy (non-hydrogen) atoms. The number of hydrogen-bond donors (Lipinski definition) is 1. The average molecular weight is 306 g/mol. The van der Waals surface area contributed by atoms with Gasteiger partial charge in [0.25, 0.3) is 0 Å². The maximum absolute atomic E-state index is 11.7. The van der Waals surface area contributed by atoms with Crippen LogP contribution in [0.15, 0.2) is 54.6 Å². The van der Waals surface area contributed by atoms with Crippen LogP contribution in [0.25, 0.3) is 0 Å². The third kappa shape index (κ3) is 3.25. The van der Waals surface area contributed by atoms with E-state index in [0.29, 0.717) is 18.7 Å². The van der Waals surface area contributed by atoms with Crippen molar-refractivity contribution in [2.75, 3.05) is 13.1 Å². The van der Waals surface area contributed by atoms with E-state index in [9.17, 15) is 15.2 Å². The second-order valence-electron chi connectivity index (χ2n) is 5.93. The second kappa shape index (κ2) is 6.64. The van der Waals surface area contributed by atoms with Gasteiger partial charge in [0.2, 0.25) is 0 Å². The van der Waals surface area contributed by atoms with E-state index in [1.807, 2.05) is 48.5 Å². The van der Waals surface area contributed by atoms with E-state index in [-0.39, 0.29) is 5.92 Å². The molecule has 4 heteroatoms. The fourth-order valence-corrected chi connectivity index (χ4v) is 3.34. The lowest BCUT2D eigenvalue weighted by molar-refractivity contribution is -0.141. The Labute approximate surface area is 135 Å². The van der Waals surface area contributed by atoms with Crippen LogP contribution in [-0.4, -0.2) is 29.1 Å². The summed E-state index contributed by atoms with van der Waals surface area (Å²) < 4.78 is 0. The summed E-state index contributed by atoms with van der Waals surface area (Å²) in [7, 11) is 0. The molecule has 0 amide bonds. The summed E-state index contributed by atoms with van der Waals surface area (Å²) in [6.45, 7) is 1.90. The standard InChI is InChI=1S/C19H18N2O2/c20-10-15-8-4-5-9-16(15)17-12-21(13-18(17)19(22)23)11-14-6-2-1-3-7-14/h1-9,17-18H,11-13H2,(H,22,23). The van der Waals surface area contributed by atoms with E-state index in [4.69, 9.17) is 0 Å². The molecule has 0 aromatic heterocycles. The maximum Gasteiger partial charge on any atom is 0.308 e. The smallest absolute Gasteiger partial charge is 0.308 e. The largest absolute Gasteiger partial charge is 0.481 e. The van der Waals surface area contributed by atoms with Crippen LogP contribution in [0.2, 0.25) is 0 Å². The van der Waals surface area contributed by atoms with Crippen molar-refractivity contribution in [3.05, 3.63) is 71.3 Å². The number of nitriles is 1. The first kappa shape index (κ1) is 15.3. The number of nitrogens with zero attached hydrogens (tertiary/aromatic N) is 2. The van der Waals surface area contributed by atoms with Gasteiger partial charge < -0.3 is 5.11 Å². The SMILES string of the molecule is N#Cc1ccccc1C1CN(Cc2ccccc2)CC1C(=O)O. The monoisotopic (exact) mass is 306 g/mol. The molecule has 1 N–H and O–H groups in total. The number of carboxylic acid groups (broad SMARTS) is 1. The molecule has 0 spiro atoms. The first-order valence-electron chi connectivity index (χ1n) is 7.67. The van der Waals surface area contributed by atoms with Gasteiger partial charge in [0.15, 0.2) is 0 Å². The molecule has 1 heterocycles. The molecule has 2 aromatic rings. The number of aliphatic carboxylic acids is 1. The van der Waals surface area contributed by atoms with Crippen molar-refractivity contribution in [1.29, 1.82) is 5.26 Å². The van der Waals surface area contributed by atoms with Crippen LogP contribution in [0.5, 0.6) is 0 Å². The highest BCUT2D eigenvalue weighted by atomic mass is 16.4. The van der Waals surface area contributed by atoms with Gasteiger partial charge in [-0.05, 0) is 17.2 Å². The maximum atomic E-state index is 11.7. The lowest BCUT2D eigenvalue weighted by Crippen LogP contribution is -2.23. The van der Waals surface area contributed by atoms with Crippen LogP contribution in [-0.2, 0) is 11.3 Å². The Bertz CT molecular complexity index is 737. The van der Waals surface area contributed by atoms with Crippen molar-refractivity contribution in [3.8, 4) is 6.07 Å². The Balaban J connectivity index is 1.85. The van der Waals surface area contributed by atoms with Crippen LogP contribution < -0.4 is 0 Å². The summed E-state index contributed by atoms with van der Waals surface area (Å²) in [5.74, 6) is -1.42. The van der Waals surface area contributed by atoms with E-state index < -0.39 is 11.9 Å². The van der Waals surface area contributed by atoms with Gasteiger partial charge in [-0.3, -0.25) is 9.69 Å². The summed E-state index contributed by atoms with van der Waals surface area (Å²) in [5.41, 5.74) is 2.59. The zero-order chi connectivity index (χ0) is 16.2. The van der Waals surface area contributed by atoms with E-state index in [1.54, 1.807) is 6.07 Å². The third-order valence-electron chi connectivity index (χ3n) is 4.44. The summed E-state index contributed by atoms with van der Waals surface area (Å²) in [6, 6.07) is 19.6. The van der Waals surface area contributed by atoms with Crippen LogP contribution in [0.1, 0.15) is 22.6 Å². The molecule has 4 nitrogen and oxygen atoms in total. The van der Waals surface area contributed by atoms with Crippen LogP contribution >= 0.6 is 0 Å². The number of likely N-dealkylation sites (tertiary alicyclic amines) is 1. The quantitative estimate of drug-likeness (QED) is 0.943. The summed E-state index contributed by atoms with van der Waals surface area (Å²) in [5, 5.41) is 18.9. The molecule has 1 fully saturated rings. The van der Waals surface area contributed by atoms with E-state index in [1.165, 1.54) is 5.56 Å². The topological polar surface area (TPSA) is 64.3 Å². The molecular formula is C19H18N2O2. The number of carboxylic acids is 1. The molecule has 2 atom stereocenters. The van der Waals surface area contributed by atoms with E-state index in [2.05, 4.69) is 11.0 Å². The average Bonchev–Trinajstić information content (AvgIpc) is 2.99. The molecule has 0 aliphatic carbocycles. The molecule has 1 aliphatic heterocycles. The van der Waals surface area contributed by atoms with Crippen LogP contribution in [0.3, 0.4) is 0 Å². The molecule has 0 radical (unpaired) electrons. The molecule has 0 bridgehead atoms. The van der Waals surface area contributed by atoms with Crippen LogP contribution in [0.4, 0.5) is 0 Å². The summed E-state index contributed by atoms with van der Waals surface area (Å²) in [6.07, 6.45) is 0. The number of carbonyl (C=O) groups is 1.